The van der Waals surface area contributed by atoms with Crippen LogP contribution >= 0.6 is 12.2 Å². The third-order valence-corrected chi connectivity index (χ3v) is 4.53. The number of nitro benzene ring substituents is 1. The predicted octanol–water partition coefficient (Wildman–Crippen LogP) is 1.67. The summed E-state index contributed by atoms with van der Waals surface area (Å²) in [5.74, 6) is 0. The van der Waals surface area contributed by atoms with E-state index in [4.69, 9.17) is 12.2 Å². The molecule has 134 valence electrons. The zero-order valence-electron chi connectivity index (χ0n) is 13.7. The number of nitrogens with zero attached hydrogens (tertiary/aromatic N) is 1. The van der Waals surface area contributed by atoms with Crippen molar-refractivity contribution in [1.82, 2.24) is 10.6 Å². The van der Waals surface area contributed by atoms with Crippen molar-refractivity contribution in [1.29, 1.82) is 0 Å². The number of anilines is 1. The van der Waals surface area contributed by atoms with Crippen LogP contribution in [0.15, 0.2) is 23.1 Å². The van der Waals surface area contributed by atoms with E-state index in [1.54, 1.807) is 0 Å². The monoisotopic (exact) mass is 374 g/mol. The average Bonchev–Trinajstić information content (AvgIpc) is 2.50. The molecule has 24 heavy (non-hydrogen) atoms. The van der Waals surface area contributed by atoms with Crippen LogP contribution in [0.4, 0.5) is 11.4 Å². The number of benzene rings is 1. The summed E-state index contributed by atoms with van der Waals surface area (Å²) in [6, 6.07) is 3.80. The number of rotatable bonds is 9. The van der Waals surface area contributed by atoms with Gasteiger partial charge in [0.25, 0.3) is 5.69 Å². The van der Waals surface area contributed by atoms with Crippen molar-refractivity contribution in [2.24, 2.45) is 0 Å². The van der Waals surface area contributed by atoms with Crippen LogP contribution in [0.1, 0.15) is 19.8 Å². The van der Waals surface area contributed by atoms with E-state index >= 15 is 0 Å². The summed E-state index contributed by atoms with van der Waals surface area (Å²) >= 11 is 5.10. The lowest BCUT2D eigenvalue weighted by Gasteiger charge is -2.11. The molecule has 1 aromatic carbocycles. The van der Waals surface area contributed by atoms with E-state index in [2.05, 4.69) is 22.9 Å². The number of hydrogen-bond acceptors (Lipinski definition) is 6. The Morgan fingerprint density at radius 1 is 1.25 bits per heavy atom. The normalized spacial score (nSPS) is 10.9. The zero-order chi connectivity index (χ0) is 18.2. The molecule has 0 saturated carbocycles. The number of nitrogens with one attached hydrogen (secondary N) is 3. The Balaban J connectivity index is 2.59. The van der Waals surface area contributed by atoms with Crippen LogP contribution in [0.25, 0.3) is 0 Å². The van der Waals surface area contributed by atoms with Crippen LogP contribution in [0.5, 0.6) is 0 Å². The summed E-state index contributed by atoms with van der Waals surface area (Å²) in [7, 11) is -3.49. The SMILES string of the molecule is CCCCNC(=S)NCCNc1ccc(S(C)(=O)=O)cc1[N+](=O)[O-]. The van der Waals surface area contributed by atoms with E-state index in [9.17, 15) is 18.5 Å². The first kappa shape index (κ1) is 20.1. The molecule has 0 aliphatic carbocycles. The van der Waals surface area contributed by atoms with Crippen molar-refractivity contribution < 1.29 is 13.3 Å². The lowest BCUT2D eigenvalue weighted by atomic mass is 10.2. The standard InChI is InChI=1S/C14H22N4O4S2/c1-3-4-7-16-14(23)17-9-8-15-12-6-5-11(24(2,21)22)10-13(12)18(19)20/h5-6,10,15H,3-4,7-9H2,1-2H3,(H2,16,17,23). The Hall–Kier alpha value is -1.94. The minimum absolute atomic E-state index is 0.0841. The summed E-state index contributed by atoms with van der Waals surface area (Å²) < 4.78 is 23.0. The van der Waals surface area contributed by atoms with Gasteiger partial charge in [-0.05, 0) is 30.8 Å². The van der Waals surface area contributed by atoms with Crippen molar-refractivity contribution in [3.8, 4) is 0 Å². The topological polar surface area (TPSA) is 113 Å². The molecule has 0 radical (unpaired) electrons. The lowest BCUT2D eigenvalue weighted by molar-refractivity contribution is -0.384. The van der Waals surface area contributed by atoms with Crippen molar-refractivity contribution in [2.75, 3.05) is 31.2 Å². The number of unbranched alkanes of at least 4 members (excludes halogenated alkanes) is 1. The highest BCUT2D eigenvalue weighted by atomic mass is 32.2. The maximum Gasteiger partial charge on any atom is 0.293 e. The molecule has 0 unspecified atom stereocenters. The van der Waals surface area contributed by atoms with Gasteiger partial charge in [0.1, 0.15) is 5.69 Å². The molecule has 0 atom stereocenters. The van der Waals surface area contributed by atoms with E-state index in [1.807, 2.05) is 0 Å². The van der Waals surface area contributed by atoms with Crippen molar-refractivity contribution in [3.63, 3.8) is 0 Å². The fraction of sp³-hybridized carbons (Fsp3) is 0.500. The molecule has 0 heterocycles. The molecular formula is C14H22N4O4S2. The third kappa shape index (κ3) is 6.67. The largest absolute Gasteiger partial charge is 0.378 e. The molecule has 0 spiro atoms. The Morgan fingerprint density at radius 2 is 1.92 bits per heavy atom. The van der Waals surface area contributed by atoms with Crippen LogP contribution in [-0.2, 0) is 9.84 Å². The minimum atomic E-state index is -3.49. The van der Waals surface area contributed by atoms with Gasteiger partial charge < -0.3 is 16.0 Å². The molecule has 8 nitrogen and oxygen atoms in total. The summed E-state index contributed by atoms with van der Waals surface area (Å²) in [6.45, 7) is 3.76. The Morgan fingerprint density at radius 3 is 2.50 bits per heavy atom. The second kappa shape index (κ2) is 9.38. The highest BCUT2D eigenvalue weighted by Gasteiger charge is 2.18. The molecule has 3 N–H and O–H groups in total. The zero-order valence-corrected chi connectivity index (χ0v) is 15.3. The van der Waals surface area contributed by atoms with Gasteiger partial charge in [-0.2, -0.15) is 0 Å². The maximum atomic E-state index is 11.5. The van der Waals surface area contributed by atoms with Gasteiger partial charge >= 0.3 is 0 Å². The quantitative estimate of drug-likeness (QED) is 0.259. The fourth-order valence-corrected chi connectivity index (χ4v) is 2.70. The third-order valence-electron chi connectivity index (χ3n) is 3.14. The Kier molecular flexibility index (Phi) is 7.86. The lowest BCUT2D eigenvalue weighted by Crippen LogP contribution is -2.38. The molecule has 1 aromatic rings. The highest BCUT2D eigenvalue weighted by Crippen LogP contribution is 2.27. The maximum absolute atomic E-state index is 11.5. The van der Waals surface area contributed by atoms with E-state index in [1.165, 1.54) is 12.1 Å². The Bertz CT molecular complexity index is 692. The molecule has 0 amide bonds. The first-order chi connectivity index (χ1) is 11.3. The second-order valence-corrected chi connectivity index (χ2v) is 7.60. The van der Waals surface area contributed by atoms with E-state index in [0.29, 0.717) is 18.2 Å². The van der Waals surface area contributed by atoms with E-state index in [0.717, 1.165) is 31.7 Å². The molecule has 0 saturated heterocycles. The van der Waals surface area contributed by atoms with E-state index < -0.39 is 14.8 Å². The molecule has 0 bridgehead atoms. The van der Waals surface area contributed by atoms with Gasteiger partial charge in [0, 0.05) is 32.0 Å². The summed E-state index contributed by atoms with van der Waals surface area (Å²) in [5, 5.41) is 20.6. The van der Waals surface area contributed by atoms with Crippen LogP contribution < -0.4 is 16.0 Å². The van der Waals surface area contributed by atoms with Gasteiger partial charge in [-0.3, -0.25) is 10.1 Å². The molecule has 0 fully saturated rings. The number of hydrogen-bond donors (Lipinski definition) is 3. The molecular weight excluding hydrogens is 352 g/mol. The first-order valence-electron chi connectivity index (χ1n) is 7.49. The van der Waals surface area contributed by atoms with Gasteiger partial charge in [0.15, 0.2) is 14.9 Å². The Labute approximate surface area is 147 Å². The van der Waals surface area contributed by atoms with Gasteiger partial charge in [-0.15, -0.1) is 0 Å². The number of thiocarbonyl (C=S) groups is 1. The predicted molar refractivity (Wildman–Crippen MR) is 98.2 cm³/mol. The smallest absolute Gasteiger partial charge is 0.293 e. The molecule has 0 aliphatic heterocycles. The summed E-state index contributed by atoms with van der Waals surface area (Å²) in [5.41, 5.74) is -0.0133. The summed E-state index contributed by atoms with van der Waals surface area (Å²) in [6.07, 6.45) is 3.11. The molecule has 1 rings (SSSR count). The van der Waals surface area contributed by atoms with Gasteiger partial charge in [0.2, 0.25) is 0 Å². The van der Waals surface area contributed by atoms with Crippen LogP contribution in [0.3, 0.4) is 0 Å². The molecule has 10 heteroatoms. The average molecular weight is 374 g/mol. The van der Waals surface area contributed by atoms with Gasteiger partial charge in [-0.1, -0.05) is 13.3 Å². The van der Waals surface area contributed by atoms with Crippen molar-refractivity contribution >= 4 is 38.5 Å². The van der Waals surface area contributed by atoms with Gasteiger partial charge in [-0.25, -0.2) is 8.42 Å². The van der Waals surface area contributed by atoms with Gasteiger partial charge in [0.05, 0.1) is 9.82 Å². The van der Waals surface area contributed by atoms with Crippen LogP contribution in [0, 0.1) is 10.1 Å². The van der Waals surface area contributed by atoms with Crippen molar-refractivity contribution in [2.45, 2.75) is 24.7 Å². The highest BCUT2D eigenvalue weighted by molar-refractivity contribution is 7.90. The second-order valence-electron chi connectivity index (χ2n) is 5.17. The number of nitro groups is 1. The fourth-order valence-electron chi connectivity index (χ4n) is 1.86. The van der Waals surface area contributed by atoms with E-state index in [-0.39, 0.29) is 16.3 Å². The van der Waals surface area contributed by atoms with Crippen molar-refractivity contribution in [3.05, 3.63) is 28.3 Å². The van der Waals surface area contributed by atoms with Crippen LogP contribution in [0.2, 0.25) is 0 Å². The summed E-state index contributed by atoms with van der Waals surface area (Å²) in [4.78, 5) is 10.4. The number of sulfone groups is 1. The molecule has 0 aliphatic rings. The minimum Gasteiger partial charge on any atom is -0.378 e. The molecule has 0 aromatic heterocycles. The first-order valence-corrected chi connectivity index (χ1v) is 9.79. The van der Waals surface area contributed by atoms with Crippen LogP contribution in [-0.4, -0.2) is 44.3 Å².